The van der Waals surface area contributed by atoms with Crippen molar-refractivity contribution in [2.75, 3.05) is 0 Å². The van der Waals surface area contributed by atoms with Crippen molar-refractivity contribution in [3.05, 3.63) is 0 Å². The SMILES string of the molecule is Cl.[Ca+2].[H-].[H-].[O-][Cl+2]([O-])O.[O-][Cl+2]([O-])O. The summed E-state index contributed by atoms with van der Waals surface area (Å²) in [6.45, 7) is 0. The van der Waals surface area contributed by atoms with E-state index in [0.29, 0.717) is 0 Å². The van der Waals surface area contributed by atoms with E-state index in [2.05, 4.69) is 0 Å². The van der Waals surface area contributed by atoms with Crippen LogP contribution in [0.1, 0.15) is 2.85 Å². The van der Waals surface area contributed by atoms with Gasteiger partial charge in [-0.25, -0.2) is 0 Å². The Labute approximate surface area is 102 Å². The molecule has 0 aromatic heterocycles. The standard InChI is InChI=1S/Ca.2ClHO3.ClH.2H/c;2*2-1(3)4;;;/h;2*2H;1H;;/q+2;;;;2*-1. The van der Waals surface area contributed by atoms with Crippen LogP contribution in [0.5, 0.6) is 0 Å². The molecular weight excluding hydrogens is 242 g/mol. The normalized spacial score (nSPS) is 7.20. The topological polar surface area (TPSA) is 133 Å². The molecule has 0 atom stereocenters. The molecule has 0 unspecified atom stereocenters. The number of hydrogen-bond acceptors (Lipinski definition) is 6. The Morgan fingerprint density at radius 1 is 0.900 bits per heavy atom. The van der Waals surface area contributed by atoms with E-state index >= 15 is 0 Å². The minimum atomic E-state index is -2.60. The third-order valence-corrected chi connectivity index (χ3v) is 0. The zero-order chi connectivity index (χ0) is 7.15. The van der Waals surface area contributed by atoms with Gasteiger partial charge in [0.25, 0.3) is 21.6 Å². The van der Waals surface area contributed by atoms with Crippen molar-refractivity contribution in [2.45, 2.75) is 0 Å². The van der Waals surface area contributed by atoms with Crippen LogP contribution in [0.25, 0.3) is 0 Å². The maximum atomic E-state index is 8.52. The quantitative estimate of drug-likeness (QED) is 0.410. The molecule has 0 fully saturated rings. The van der Waals surface area contributed by atoms with Gasteiger partial charge in [0.2, 0.25) is 0 Å². The molecule has 0 aliphatic carbocycles. The van der Waals surface area contributed by atoms with E-state index in [0.717, 1.165) is 0 Å². The summed E-state index contributed by atoms with van der Waals surface area (Å²) in [4.78, 5) is 0. The molecule has 6 nitrogen and oxygen atoms in total. The van der Waals surface area contributed by atoms with Crippen LogP contribution in [0, 0.1) is 21.6 Å². The smallest absolute Gasteiger partial charge is 1.00 e. The molecule has 0 saturated carbocycles. The summed E-state index contributed by atoms with van der Waals surface area (Å²) in [5.41, 5.74) is 0. The molecule has 0 aliphatic heterocycles. The predicted octanol–water partition coefficient (Wildman–Crippen LogP) is -5.60. The van der Waals surface area contributed by atoms with Crippen molar-refractivity contribution < 1.29 is 52.4 Å². The van der Waals surface area contributed by atoms with Gasteiger partial charge in [-0.1, -0.05) is 0 Å². The van der Waals surface area contributed by atoms with Crippen molar-refractivity contribution in [2.24, 2.45) is 0 Å². The first-order valence-electron chi connectivity index (χ1n) is 0.955. The van der Waals surface area contributed by atoms with Crippen LogP contribution < -0.4 is 18.6 Å². The molecule has 64 valence electrons. The Morgan fingerprint density at radius 3 is 0.900 bits per heavy atom. The maximum Gasteiger partial charge on any atom is 2.00 e. The van der Waals surface area contributed by atoms with Gasteiger partial charge in [-0.05, 0) is 0 Å². The molecule has 10 heteroatoms. The average molecular weight is 247 g/mol. The largest absolute Gasteiger partial charge is 2.00 e. The van der Waals surface area contributed by atoms with Crippen molar-refractivity contribution in [1.82, 2.24) is 0 Å². The van der Waals surface area contributed by atoms with Gasteiger partial charge in [0.1, 0.15) is 0 Å². The molecule has 10 heavy (non-hydrogen) atoms. The molecule has 0 rings (SSSR count). The Balaban J connectivity index is -0.0000000112. The Morgan fingerprint density at radius 2 is 0.900 bits per heavy atom. The second-order valence-electron chi connectivity index (χ2n) is 0.402. The first-order valence-corrected chi connectivity index (χ1v) is 2.87. The third-order valence-electron chi connectivity index (χ3n) is 0. The first kappa shape index (κ1) is 22.7. The molecular formula is H5CaCl3O6. The molecule has 2 N–H and O–H groups in total. The minimum Gasteiger partial charge on any atom is -1.00 e. The molecule has 0 radical (unpaired) electrons. The second-order valence-corrected chi connectivity index (χ2v) is 1.21. The van der Waals surface area contributed by atoms with Gasteiger partial charge in [0.05, 0.1) is 0 Å². The van der Waals surface area contributed by atoms with Gasteiger partial charge in [-0.2, -0.15) is 0 Å². The third kappa shape index (κ3) is 219. The monoisotopic (exact) mass is 246 g/mol. The van der Waals surface area contributed by atoms with Crippen LogP contribution in [-0.2, 0) is 0 Å². The summed E-state index contributed by atoms with van der Waals surface area (Å²) >= 11 is 0. The van der Waals surface area contributed by atoms with E-state index in [-0.39, 0.29) is 53.0 Å². The van der Waals surface area contributed by atoms with Gasteiger partial charge in [-0.15, -0.1) is 12.4 Å². The van der Waals surface area contributed by atoms with E-state index in [4.69, 9.17) is 28.0 Å². The molecule has 0 amide bonds. The molecule has 0 aromatic carbocycles. The number of rotatable bonds is 0. The van der Waals surface area contributed by atoms with Gasteiger partial charge >= 0.3 is 37.7 Å². The van der Waals surface area contributed by atoms with Crippen molar-refractivity contribution >= 4 is 50.1 Å². The van der Waals surface area contributed by atoms with Crippen LogP contribution in [0.4, 0.5) is 0 Å². The first-order chi connectivity index (χ1) is 3.46. The Bertz CT molecular complexity index is 36.3. The van der Waals surface area contributed by atoms with Gasteiger partial charge in [0.15, 0.2) is 0 Å². The van der Waals surface area contributed by atoms with Crippen molar-refractivity contribution in [1.29, 1.82) is 0 Å². The Kier molecular flexibility index (Phi) is 38.8. The summed E-state index contributed by atoms with van der Waals surface area (Å²) in [6, 6.07) is 0. The summed E-state index contributed by atoms with van der Waals surface area (Å²) in [6.07, 6.45) is 0. The Hall–Kier alpha value is 1.89. The summed E-state index contributed by atoms with van der Waals surface area (Å²) in [5, 5.41) is 0. The van der Waals surface area contributed by atoms with Crippen LogP contribution in [0.15, 0.2) is 0 Å². The summed E-state index contributed by atoms with van der Waals surface area (Å²) in [5.74, 6) is 0. The van der Waals surface area contributed by atoms with Gasteiger partial charge in [0, 0.05) is 9.32 Å². The fraction of sp³-hybridized carbons (Fsp3) is 0. The van der Waals surface area contributed by atoms with Crippen molar-refractivity contribution in [3.63, 3.8) is 0 Å². The fourth-order valence-corrected chi connectivity index (χ4v) is 0. The second kappa shape index (κ2) is 17.1. The molecule has 0 heterocycles. The number of hydrogen-bond donors (Lipinski definition) is 2. The van der Waals surface area contributed by atoms with Crippen LogP contribution in [0.2, 0.25) is 0 Å². The molecule has 0 spiro atoms. The van der Waals surface area contributed by atoms with Crippen molar-refractivity contribution in [3.8, 4) is 0 Å². The molecule has 0 saturated heterocycles. The van der Waals surface area contributed by atoms with Crippen LogP contribution in [0.3, 0.4) is 0 Å². The van der Waals surface area contributed by atoms with Gasteiger partial charge < -0.3 is 21.5 Å². The van der Waals surface area contributed by atoms with E-state index < -0.39 is 21.6 Å². The van der Waals surface area contributed by atoms with E-state index in [1.54, 1.807) is 0 Å². The minimum absolute atomic E-state index is 0. The summed E-state index contributed by atoms with van der Waals surface area (Å²) in [7, 11) is -5.20. The molecule has 0 bridgehead atoms. The average Bonchev–Trinajstić information content (AvgIpc) is 1.25. The van der Waals surface area contributed by atoms with Crippen LogP contribution >= 0.6 is 12.4 Å². The molecule has 0 aliphatic rings. The van der Waals surface area contributed by atoms with Crippen LogP contribution in [-0.4, -0.2) is 47.1 Å². The fourth-order valence-electron chi connectivity index (χ4n) is 0. The van der Waals surface area contributed by atoms with E-state index in [1.165, 1.54) is 0 Å². The number of halogens is 3. The van der Waals surface area contributed by atoms with E-state index in [9.17, 15) is 0 Å². The zero-order valence-corrected chi connectivity index (χ0v) is 8.94. The maximum absolute atomic E-state index is 8.52. The van der Waals surface area contributed by atoms with Gasteiger partial charge in [-0.3, -0.25) is 0 Å². The molecule has 0 aromatic rings. The summed E-state index contributed by atoms with van der Waals surface area (Å²) < 4.78 is 47.9. The zero-order valence-electron chi connectivity index (χ0n) is 6.40. The van der Waals surface area contributed by atoms with E-state index in [1.807, 2.05) is 0 Å². The predicted molar refractivity (Wildman–Crippen MR) is 19.7 cm³/mol.